The van der Waals surface area contributed by atoms with Gasteiger partial charge in [-0.25, -0.2) is 0 Å². The minimum absolute atomic E-state index is 0.776. The fourth-order valence-electron chi connectivity index (χ4n) is 3.32. The molecule has 0 unspecified atom stereocenters. The first-order valence-electron chi connectivity index (χ1n) is 7.99. The van der Waals surface area contributed by atoms with Gasteiger partial charge in [-0.3, -0.25) is 4.99 Å². The molecule has 3 heteroatoms. The van der Waals surface area contributed by atoms with Gasteiger partial charge in [-0.2, -0.15) is 0 Å². The lowest BCUT2D eigenvalue weighted by molar-refractivity contribution is 0.324. The number of hydrogen-bond acceptors (Lipinski definition) is 3. The van der Waals surface area contributed by atoms with Gasteiger partial charge in [0.15, 0.2) is 5.96 Å². The van der Waals surface area contributed by atoms with Crippen LogP contribution < -0.4 is 10.6 Å². The highest BCUT2D eigenvalue weighted by Gasteiger charge is 2.22. The summed E-state index contributed by atoms with van der Waals surface area (Å²) in [6.07, 6.45) is 6.49. The predicted octanol–water partition coefficient (Wildman–Crippen LogP) is 2.90. The third kappa shape index (κ3) is 3.53. The van der Waals surface area contributed by atoms with Crippen LogP contribution in [-0.4, -0.2) is 25.6 Å². The summed E-state index contributed by atoms with van der Waals surface area (Å²) in [6, 6.07) is 11.0. The molecule has 0 bridgehead atoms. The average molecular weight is 271 g/mol. The number of rotatable bonds is 3. The van der Waals surface area contributed by atoms with Crippen molar-refractivity contribution in [2.24, 2.45) is 10.9 Å². The number of aliphatic imine (C=N–C) groups is 1. The van der Waals surface area contributed by atoms with Crippen molar-refractivity contribution >= 4 is 5.96 Å². The van der Waals surface area contributed by atoms with Crippen LogP contribution in [-0.2, 0) is 0 Å². The highest BCUT2D eigenvalue weighted by molar-refractivity contribution is 5.80. The minimum Gasteiger partial charge on any atom is -0.356 e. The normalized spacial score (nSPS) is 26.5. The molecule has 1 aromatic rings. The van der Waals surface area contributed by atoms with Crippen molar-refractivity contribution in [3.63, 3.8) is 0 Å². The molecule has 20 heavy (non-hydrogen) atoms. The zero-order valence-electron chi connectivity index (χ0n) is 12.1. The molecule has 0 amide bonds. The minimum atomic E-state index is 0.776. The van der Waals surface area contributed by atoms with E-state index in [1.54, 1.807) is 0 Å². The van der Waals surface area contributed by atoms with E-state index in [1.807, 2.05) is 0 Å². The van der Waals surface area contributed by atoms with Gasteiger partial charge in [0.1, 0.15) is 0 Å². The first-order chi connectivity index (χ1) is 9.92. The summed E-state index contributed by atoms with van der Waals surface area (Å²) in [7, 11) is 0. The highest BCUT2D eigenvalue weighted by atomic mass is 15.2. The van der Waals surface area contributed by atoms with E-state index in [4.69, 9.17) is 0 Å². The van der Waals surface area contributed by atoms with E-state index in [2.05, 4.69) is 46.0 Å². The first-order valence-corrected chi connectivity index (χ1v) is 7.99. The molecular formula is C17H25N3. The monoisotopic (exact) mass is 271 g/mol. The Labute approximate surface area is 121 Å². The van der Waals surface area contributed by atoms with Crippen LogP contribution in [0.25, 0.3) is 0 Å². The lowest BCUT2D eigenvalue weighted by Crippen LogP contribution is -2.43. The number of benzene rings is 1. The zero-order valence-corrected chi connectivity index (χ0v) is 12.1. The Bertz CT molecular complexity index is 433. The third-order valence-corrected chi connectivity index (χ3v) is 4.57. The molecule has 1 saturated carbocycles. The zero-order chi connectivity index (χ0) is 13.6. The number of hydrogen-bond donors (Lipinski definition) is 2. The molecule has 0 atom stereocenters. The maximum atomic E-state index is 4.47. The topological polar surface area (TPSA) is 36.4 Å². The van der Waals surface area contributed by atoms with Crippen LogP contribution in [0, 0.1) is 5.92 Å². The van der Waals surface area contributed by atoms with Crippen molar-refractivity contribution in [1.29, 1.82) is 0 Å². The Balaban J connectivity index is 1.43. The Morgan fingerprint density at radius 2 is 1.90 bits per heavy atom. The van der Waals surface area contributed by atoms with Crippen molar-refractivity contribution in [3.05, 3.63) is 35.9 Å². The third-order valence-electron chi connectivity index (χ3n) is 4.57. The summed E-state index contributed by atoms with van der Waals surface area (Å²) in [5.74, 6) is 2.60. The van der Waals surface area contributed by atoms with Crippen molar-refractivity contribution in [3.8, 4) is 0 Å². The van der Waals surface area contributed by atoms with Crippen LogP contribution in [0.1, 0.15) is 43.6 Å². The number of nitrogens with one attached hydrogen (secondary N) is 2. The molecule has 2 N–H and O–H groups in total. The van der Waals surface area contributed by atoms with Gasteiger partial charge >= 0.3 is 0 Å². The summed E-state index contributed by atoms with van der Waals surface area (Å²) in [4.78, 5) is 4.47. The standard InChI is InChI=1S/C17H25N3/c1-2-5-15(6-3-1)16-9-7-14(8-10-16)13-20-17-18-11-4-12-19-17/h1-3,5-6,14,16H,4,7-13H2,(H2,18,19,20). The summed E-state index contributed by atoms with van der Waals surface area (Å²) >= 11 is 0. The number of nitrogens with zero attached hydrogens (tertiary/aromatic N) is 1. The van der Waals surface area contributed by atoms with Gasteiger partial charge in [0.05, 0.1) is 0 Å². The second-order valence-electron chi connectivity index (χ2n) is 6.02. The van der Waals surface area contributed by atoms with Crippen molar-refractivity contribution in [2.75, 3.05) is 19.6 Å². The van der Waals surface area contributed by atoms with Gasteiger partial charge < -0.3 is 10.6 Å². The lowest BCUT2D eigenvalue weighted by atomic mass is 9.79. The van der Waals surface area contributed by atoms with Gasteiger partial charge in [-0.1, -0.05) is 30.3 Å². The molecule has 1 heterocycles. The number of guanidine groups is 1. The summed E-state index contributed by atoms with van der Waals surface area (Å²) in [6.45, 7) is 3.11. The largest absolute Gasteiger partial charge is 0.356 e. The fourth-order valence-corrected chi connectivity index (χ4v) is 3.32. The molecule has 3 nitrogen and oxygen atoms in total. The molecule has 0 spiro atoms. The Hall–Kier alpha value is -1.51. The first kappa shape index (κ1) is 13.5. The molecule has 3 rings (SSSR count). The molecule has 1 aliphatic carbocycles. The van der Waals surface area contributed by atoms with Crippen LogP contribution in [0.3, 0.4) is 0 Å². The molecule has 1 aromatic carbocycles. The maximum Gasteiger partial charge on any atom is 0.191 e. The Morgan fingerprint density at radius 1 is 1.10 bits per heavy atom. The molecule has 1 aliphatic heterocycles. The van der Waals surface area contributed by atoms with E-state index < -0.39 is 0 Å². The van der Waals surface area contributed by atoms with Gasteiger partial charge in [0, 0.05) is 19.6 Å². The predicted molar refractivity (Wildman–Crippen MR) is 84.1 cm³/mol. The molecule has 2 aliphatic rings. The quantitative estimate of drug-likeness (QED) is 0.887. The molecule has 0 radical (unpaired) electrons. The Morgan fingerprint density at radius 3 is 2.60 bits per heavy atom. The van der Waals surface area contributed by atoms with Gasteiger partial charge in [0.2, 0.25) is 0 Å². The highest BCUT2D eigenvalue weighted by Crippen LogP contribution is 2.35. The fraction of sp³-hybridized carbons (Fsp3) is 0.588. The average Bonchev–Trinajstić information content (AvgIpc) is 2.55. The van der Waals surface area contributed by atoms with Crippen LogP contribution in [0.4, 0.5) is 0 Å². The van der Waals surface area contributed by atoms with E-state index in [1.165, 1.54) is 31.2 Å². The van der Waals surface area contributed by atoms with E-state index in [-0.39, 0.29) is 0 Å². The van der Waals surface area contributed by atoms with E-state index >= 15 is 0 Å². The molecule has 0 aromatic heterocycles. The maximum absolute atomic E-state index is 4.47. The molecule has 108 valence electrons. The SMILES string of the molecule is c1ccc(C2CCC(CNC3=NCCCN3)CC2)cc1. The van der Waals surface area contributed by atoms with Gasteiger partial charge in [-0.15, -0.1) is 0 Å². The molecule has 0 saturated heterocycles. The summed E-state index contributed by atoms with van der Waals surface area (Å²) < 4.78 is 0. The van der Waals surface area contributed by atoms with E-state index in [0.29, 0.717) is 0 Å². The van der Waals surface area contributed by atoms with Crippen molar-refractivity contribution < 1.29 is 0 Å². The molecular weight excluding hydrogens is 246 g/mol. The molecule has 1 fully saturated rings. The van der Waals surface area contributed by atoms with Crippen LogP contribution >= 0.6 is 0 Å². The van der Waals surface area contributed by atoms with E-state index in [9.17, 15) is 0 Å². The summed E-state index contributed by atoms with van der Waals surface area (Å²) in [5, 5.41) is 6.82. The van der Waals surface area contributed by atoms with Crippen molar-refractivity contribution in [1.82, 2.24) is 10.6 Å². The van der Waals surface area contributed by atoms with Crippen LogP contribution in [0.2, 0.25) is 0 Å². The second kappa shape index (κ2) is 6.78. The second-order valence-corrected chi connectivity index (χ2v) is 6.02. The van der Waals surface area contributed by atoms with Crippen LogP contribution in [0.5, 0.6) is 0 Å². The van der Waals surface area contributed by atoms with Gasteiger partial charge in [0.25, 0.3) is 0 Å². The smallest absolute Gasteiger partial charge is 0.191 e. The van der Waals surface area contributed by atoms with Crippen LogP contribution in [0.15, 0.2) is 35.3 Å². The van der Waals surface area contributed by atoms with Gasteiger partial charge in [-0.05, 0) is 49.5 Å². The Kier molecular flexibility index (Phi) is 4.57. The van der Waals surface area contributed by atoms with Crippen molar-refractivity contribution in [2.45, 2.75) is 38.0 Å². The van der Waals surface area contributed by atoms with E-state index in [0.717, 1.165) is 43.9 Å². The summed E-state index contributed by atoms with van der Waals surface area (Å²) in [5.41, 5.74) is 1.53. The lowest BCUT2D eigenvalue weighted by Gasteiger charge is -2.29.